The first kappa shape index (κ1) is 27.6. The SMILES string of the molecule is CCOC(=O)c1c(NC(=O)c2sc3nc(N)c(C#N)c(-c4ccccc4)c3c2N)sc2c1CCC(C(C)(C)C)C2. The van der Waals surface area contributed by atoms with Gasteiger partial charge in [-0.05, 0) is 48.6 Å². The monoisotopic (exact) mass is 573 g/mol. The molecule has 1 atom stereocenters. The van der Waals surface area contributed by atoms with Crippen LogP contribution in [0.5, 0.6) is 0 Å². The summed E-state index contributed by atoms with van der Waals surface area (Å²) in [6.45, 7) is 8.70. The summed E-state index contributed by atoms with van der Waals surface area (Å²) < 4.78 is 5.39. The Morgan fingerprint density at radius 3 is 2.58 bits per heavy atom. The zero-order valence-corrected chi connectivity index (χ0v) is 24.5. The number of hydrogen-bond donors (Lipinski definition) is 3. The third kappa shape index (κ3) is 4.80. The van der Waals surface area contributed by atoms with Gasteiger partial charge < -0.3 is 21.5 Å². The Bertz CT molecular complexity index is 1680. The van der Waals surface area contributed by atoms with Crippen molar-refractivity contribution >= 4 is 61.3 Å². The highest BCUT2D eigenvalue weighted by Crippen LogP contribution is 2.46. The van der Waals surface area contributed by atoms with E-state index >= 15 is 0 Å². The maximum Gasteiger partial charge on any atom is 0.341 e. The number of hydrogen-bond acceptors (Lipinski definition) is 9. The predicted octanol–water partition coefficient (Wildman–Crippen LogP) is 6.64. The van der Waals surface area contributed by atoms with Crippen LogP contribution in [0.25, 0.3) is 21.3 Å². The molecule has 0 spiro atoms. The molecule has 0 fully saturated rings. The van der Waals surface area contributed by atoms with Crippen molar-refractivity contribution in [3.8, 4) is 17.2 Å². The van der Waals surface area contributed by atoms with E-state index in [1.54, 1.807) is 6.92 Å². The number of nitrogens with zero attached hydrogens (tertiary/aromatic N) is 2. The normalized spacial score (nSPS) is 14.9. The number of benzene rings is 1. The van der Waals surface area contributed by atoms with Crippen molar-refractivity contribution < 1.29 is 14.3 Å². The number of nitrogens with two attached hydrogens (primary N) is 2. The van der Waals surface area contributed by atoms with Crippen LogP contribution in [-0.2, 0) is 17.6 Å². The third-order valence-corrected chi connectivity index (χ3v) is 9.75. The Labute approximate surface area is 241 Å². The summed E-state index contributed by atoms with van der Waals surface area (Å²) in [5.74, 6) is -0.342. The predicted molar refractivity (Wildman–Crippen MR) is 162 cm³/mol. The molecule has 5 rings (SSSR count). The van der Waals surface area contributed by atoms with Crippen molar-refractivity contribution in [2.24, 2.45) is 11.3 Å². The number of nitrogen functional groups attached to an aromatic ring is 2. The molecule has 1 aliphatic carbocycles. The van der Waals surface area contributed by atoms with Crippen molar-refractivity contribution in [1.82, 2.24) is 4.98 Å². The Morgan fingerprint density at radius 2 is 1.93 bits per heavy atom. The minimum atomic E-state index is -0.451. The van der Waals surface area contributed by atoms with Crippen molar-refractivity contribution in [1.29, 1.82) is 5.26 Å². The van der Waals surface area contributed by atoms with E-state index in [4.69, 9.17) is 16.2 Å². The summed E-state index contributed by atoms with van der Waals surface area (Å²) in [5, 5.41) is 13.8. The van der Waals surface area contributed by atoms with E-state index < -0.39 is 11.9 Å². The maximum absolute atomic E-state index is 13.7. The first-order valence-corrected chi connectivity index (χ1v) is 14.8. The number of amides is 1. The van der Waals surface area contributed by atoms with Crippen molar-refractivity contribution in [2.45, 2.75) is 47.0 Å². The van der Waals surface area contributed by atoms with Crippen LogP contribution in [-0.4, -0.2) is 23.5 Å². The first-order chi connectivity index (χ1) is 19.0. The number of esters is 1. The van der Waals surface area contributed by atoms with Gasteiger partial charge in [-0.15, -0.1) is 22.7 Å². The van der Waals surface area contributed by atoms with Crippen molar-refractivity contribution in [3.05, 3.63) is 56.8 Å². The highest BCUT2D eigenvalue weighted by atomic mass is 32.1. The van der Waals surface area contributed by atoms with Crippen LogP contribution in [0, 0.1) is 22.7 Å². The average molecular weight is 574 g/mol. The van der Waals surface area contributed by atoms with Crippen molar-refractivity contribution in [3.63, 3.8) is 0 Å². The van der Waals surface area contributed by atoms with Gasteiger partial charge in [0, 0.05) is 15.8 Å². The van der Waals surface area contributed by atoms with E-state index in [0.717, 1.165) is 46.6 Å². The number of nitrogens with one attached hydrogen (secondary N) is 1. The summed E-state index contributed by atoms with van der Waals surface area (Å²) in [6.07, 6.45) is 2.56. The molecule has 0 aliphatic heterocycles. The zero-order valence-electron chi connectivity index (χ0n) is 22.9. The maximum atomic E-state index is 13.7. The van der Waals surface area contributed by atoms with Gasteiger partial charge in [0.1, 0.15) is 32.2 Å². The molecule has 40 heavy (non-hydrogen) atoms. The van der Waals surface area contributed by atoms with Crippen LogP contribution < -0.4 is 16.8 Å². The summed E-state index contributed by atoms with van der Waals surface area (Å²) in [6, 6.07) is 11.4. The smallest absolute Gasteiger partial charge is 0.341 e. The molecule has 3 heterocycles. The fourth-order valence-electron chi connectivity index (χ4n) is 5.34. The number of rotatable bonds is 5. The van der Waals surface area contributed by atoms with Gasteiger partial charge in [-0.1, -0.05) is 51.1 Å². The Balaban J connectivity index is 1.59. The molecule has 5 N–H and O–H groups in total. The zero-order chi connectivity index (χ0) is 28.8. The molecule has 3 aromatic heterocycles. The second kappa shape index (κ2) is 10.6. The largest absolute Gasteiger partial charge is 0.462 e. The molecule has 0 radical (unpaired) electrons. The fraction of sp³-hybridized carbons (Fsp3) is 0.333. The van der Waals surface area contributed by atoms with Crippen LogP contribution in [0.2, 0.25) is 0 Å². The Kier molecular flexibility index (Phi) is 7.29. The van der Waals surface area contributed by atoms with E-state index in [1.807, 2.05) is 30.3 Å². The van der Waals surface area contributed by atoms with Gasteiger partial charge in [-0.3, -0.25) is 4.79 Å². The average Bonchev–Trinajstić information content (AvgIpc) is 3.44. The van der Waals surface area contributed by atoms with Crippen molar-refractivity contribution in [2.75, 3.05) is 23.4 Å². The number of fused-ring (bicyclic) bond motifs is 2. The lowest BCUT2D eigenvalue weighted by Crippen LogP contribution is -2.26. The van der Waals surface area contributed by atoms with Crippen LogP contribution >= 0.6 is 22.7 Å². The molecule has 4 aromatic rings. The van der Waals surface area contributed by atoms with Gasteiger partial charge in [0.2, 0.25) is 0 Å². The van der Waals surface area contributed by atoms with Crippen LogP contribution in [0.3, 0.4) is 0 Å². The molecule has 1 amide bonds. The molecule has 1 unspecified atom stereocenters. The topological polar surface area (TPSA) is 144 Å². The highest BCUT2D eigenvalue weighted by Gasteiger charge is 2.35. The van der Waals surface area contributed by atoms with Gasteiger partial charge >= 0.3 is 5.97 Å². The molecule has 1 aromatic carbocycles. The molecule has 1 aliphatic rings. The van der Waals surface area contributed by atoms with Gasteiger partial charge in [0.25, 0.3) is 5.91 Å². The third-order valence-electron chi connectivity index (χ3n) is 7.48. The van der Waals surface area contributed by atoms with E-state index in [0.29, 0.717) is 32.3 Å². The van der Waals surface area contributed by atoms with E-state index in [2.05, 4.69) is 37.1 Å². The van der Waals surface area contributed by atoms with Crippen LogP contribution in [0.4, 0.5) is 16.5 Å². The quantitative estimate of drug-likeness (QED) is 0.227. The van der Waals surface area contributed by atoms with E-state index in [9.17, 15) is 14.9 Å². The van der Waals surface area contributed by atoms with Gasteiger partial charge in [0.15, 0.2) is 0 Å². The summed E-state index contributed by atoms with van der Waals surface area (Å²) in [4.78, 5) is 33.0. The lowest BCUT2D eigenvalue weighted by atomic mass is 9.72. The molecule has 0 saturated carbocycles. The van der Waals surface area contributed by atoms with Gasteiger partial charge in [0.05, 0.1) is 17.9 Å². The van der Waals surface area contributed by atoms with Crippen LogP contribution in [0.1, 0.15) is 70.1 Å². The molecule has 206 valence electrons. The number of thiophene rings is 2. The minimum absolute atomic E-state index is 0.0750. The number of ether oxygens (including phenoxy) is 1. The molecule has 0 saturated heterocycles. The van der Waals surface area contributed by atoms with Gasteiger partial charge in [-0.2, -0.15) is 5.26 Å². The molecular weight excluding hydrogens is 542 g/mol. The number of nitriles is 1. The lowest BCUT2D eigenvalue weighted by Gasteiger charge is -2.33. The molecular formula is C30H31N5O3S2. The summed E-state index contributed by atoms with van der Waals surface area (Å²) in [7, 11) is 0. The molecule has 10 heteroatoms. The summed E-state index contributed by atoms with van der Waals surface area (Å²) >= 11 is 2.54. The summed E-state index contributed by atoms with van der Waals surface area (Å²) in [5.41, 5.74) is 16.0. The molecule has 0 bridgehead atoms. The Hall–Kier alpha value is -3.94. The number of aromatic nitrogens is 1. The van der Waals surface area contributed by atoms with E-state index in [1.165, 1.54) is 11.3 Å². The standard InChI is InChI=1S/C30H31N5O3S2/c1-5-38-29(37)21-17-12-11-16(30(2,3)4)13-19(17)39-27(21)35-26(36)24-23(32)22-20(15-9-7-6-8-10-15)18(14-31)25(33)34-28(22)40-24/h6-10,16H,5,11-13,32H2,1-4H3,(H2,33,34)(H,35,36). The first-order valence-electron chi connectivity index (χ1n) is 13.1. The second-order valence-corrected chi connectivity index (χ2v) is 13.0. The second-order valence-electron chi connectivity index (χ2n) is 10.9. The molecule has 8 nitrogen and oxygen atoms in total. The minimum Gasteiger partial charge on any atom is -0.462 e. The number of carbonyl (C=O) groups is 2. The number of anilines is 3. The number of carbonyl (C=O) groups excluding carboxylic acids is 2. The van der Waals surface area contributed by atoms with Gasteiger partial charge in [-0.25, -0.2) is 9.78 Å². The highest BCUT2D eigenvalue weighted by molar-refractivity contribution is 7.21. The lowest BCUT2D eigenvalue weighted by molar-refractivity contribution is 0.0526. The Morgan fingerprint density at radius 1 is 1.20 bits per heavy atom. The fourth-order valence-corrected chi connectivity index (χ4v) is 7.66. The number of pyridine rings is 1. The van der Waals surface area contributed by atoms with Crippen LogP contribution in [0.15, 0.2) is 30.3 Å². The van der Waals surface area contributed by atoms with E-state index in [-0.39, 0.29) is 34.0 Å².